The van der Waals surface area contributed by atoms with Crippen LogP contribution in [0.15, 0.2) is 0 Å². The van der Waals surface area contributed by atoms with Crippen LogP contribution in [0, 0.1) is 34.0 Å². The number of hydrogen-bond donors (Lipinski definition) is 2. The first-order valence-electron chi connectivity index (χ1n) is 11.6. The second-order valence-corrected chi connectivity index (χ2v) is 11.9. The zero-order valence-corrected chi connectivity index (χ0v) is 18.5. The van der Waals surface area contributed by atoms with E-state index in [0.717, 1.165) is 31.6 Å². The van der Waals surface area contributed by atoms with E-state index in [4.69, 9.17) is 4.74 Å². The van der Waals surface area contributed by atoms with Crippen LogP contribution in [-0.2, 0) is 9.53 Å². The van der Waals surface area contributed by atoms with Gasteiger partial charge in [0.2, 0.25) is 0 Å². The van der Waals surface area contributed by atoms with Crippen molar-refractivity contribution in [1.29, 1.82) is 0 Å². The molecule has 4 saturated carbocycles. The summed E-state index contributed by atoms with van der Waals surface area (Å²) in [5.41, 5.74) is -2.00. The molecule has 0 aromatic rings. The minimum atomic E-state index is -1.15. The van der Waals surface area contributed by atoms with Gasteiger partial charge < -0.3 is 14.9 Å². The predicted molar refractivity (Wildman–Crippen MR) is 109 cm³/mol. The van der Waals surface area contributed by atoms with E-state index in [2.05, 4.69) is 13.8 Å². The number of aliphatic hydroxyl groups excluding tert-OH is 1. The van der Waals surface area contributed by atoms with E-state index in [1.807, 2.05) is 20.8 Å². The Morgan fingerprint density at radius 3 is 2.39 bits per heavy atom. The Bertz CT molecular complexity index is 639. The molecule has 0 heterocycles. The van der Waals surface area contributed by atoms with Crippen LogP contribution in [0.4, 0.5) is 0 Å². The molecule has 0 aromatic carbocycles. The van der Waals surface area contributed by atoms with Gasteiger partial charge >= 0.3 is 5.97 Å². The van der Waals surface area contributed by atoms with Crippen LogP contribution in [0.2, 0.25) is 0 Å². The monoisotopic (exact) mass is 392 g/mol. The van der Waals surface area contributed by atoms with Crippen LogP contribution >= 0.6 is 0 Å². The number of ether oxygens (including phenoxy) is 1. The maximum atomic E-state index is 12.6. The molecule has 4 heteroatoms. The van der Waals surface area contributed by atoms with Gasteiger partial charge in [0.1, 0.15) is 11.7 Å². The Hall–Kier alpha value is -0.610. The van der Waals surface area contributed by atoms with Gasteiger partial charge in [-0.05, 0) is 82.5 Å². The number of rotatable bonds is 1. The fraction of sp³-hybridized carbons (Fsp3) is 0.958. The Morgan fingerprint density at radius 2 is 1.71 bits per heavy atom. The van der Waals surface area contributed by atoms with Crippen molar-refractivity contribution in [3.05, 3.63) is 0 Å². The molecule has 0 spiro atoms. The fourth-order valence-electron chi connectivity index (χ4n) is 7.74. The van der Waals surface area contributed by atoms with Crippen molar-refractivity contribution in [2.75, 3.05) is 0 Å². The molecular weight excluding hydrogens is 352 g/mol. The van der Waals surface area contributed by atoms with Crippen molar-refractivity contribution in [3.8, 4) is 0 Å². The molecule has 4 fully saturated rings. The van der Waals surface area contributed by atoms with Gasteiger partial charge in [-0.25, -0.2) is 0 Å². The summed E-state index contributed by atoms with van der Waals surface area (Å²) in [6, 6.07) is 0. The van der Waals surface area contributed by atoms with Crippen LogP contribution in [-0.4, -0.2) is 34.0 Å². The molecule has 2 N–H and O–H groups in total. The number of carbonyl (C=O) groups is 1. The van der Waals surface area contributed by atoms with Gasteiger partial charge in [-0.1, -0.05) is 26.7 Å². The molecule has 4 rings (SSSR count). The van der Waals surface area contributed by atoms with Gasteiger partial charge in [-0.2, -0.15) is 0 Å². The Morgan fingerprint density at radius 1 is 1.00 bits per heavy atom. The largest absolute Gasteiger partial charge is 0.461 e. The van der Waals surface area contributed by atoms with E-state index in [1.54, 1.807) is 0 Å². The molecule has 2 unspecified atom stereocenters. The van der Waals surface area contributed by atoms with Gasteiger partial charge in [0, 0.05) is 11.8 Å². The van der Waals surface area contributed by atoms with Crippen molar-refractivity contribution in [1.82, 2.24) is 0 Å². The molecule has 4 nitrogen and oxygen atoms in total. The number of esters is 1. The third-order valence-electron chi connectivity index (χ3n) is 9.58. The summed E-state index contributed by atoms with van der Waals surface area (Å²) < 4.78 is 5.94. The number of hydrogen-bond acceptors (Lipinski definition) is 4. The van der Waals surface area contributed by atoms with Gasteiger partial charge in [0.05, 0.1) is 11.5 Å². The molecule has 160 valence electrons. The third kappa shape index (κ3) is 2.66. The van der Waals surface area contributed by atoms with Crippen molar-refractivity contribution in [2.24, 2.45) is 34.0 Å². The SMILES string of the molecule is CC(C)(C)C(=O)O[C@H]1CC(O)C2(O)[C@@H]3CC[C@H]4CCCC[C@]4(C)[C@H]3CC[C@]12C. The molecular formula is C24H40O4. The average Bonchev–Trinajstić information content (AvgIpc) is 2.81. The molecule has 28 heavy (non-hydrogen) atoms. The lowest BCUT2D eigenvalue weighted by Gasteiger charge is -2.63. The minimum absolute atomic E-state index is 0.110. The van der Waals surface area contributed by atoms with E-state index in [-0.39, 0.29) is 17.3 Å². The summed E-state index contributed by atoms with van der Waals surface area (Å²) in [5, 5.41) is 23.2. The predicted octanol–water partition coefficient (Wildman–Crippen LogP) is 4.46. The third-order valence-corrected chi connectivity index (χ3v) is 9.58. The average molecular weight is 393 g/mol. The topological polar surface area (TPSA) is 66.8 Å². The fourth-order valence-corrected chi connectivity index (χ4v) is 7.74. The Kier molecular flexibility index (Phi) is 4.75. The van der Waals surface area contributed by atoms with Crippen LogP contribution in [0.5, 0.6) is 0 Å². The van der Waals surface area contributed by atoms with Crippen molar-refractivity contribution >= 4 is 5.97 Å². The highest BCUT2D eigenvalue weighted by molar-refractivity contribution is 5.75. The van der Waals surface area contributed by atoms with Gasteiger partial charge in [-0.3, -0.25) is 4.79 Å². The van der Waals surface area contributed by atoms with Crippen LogP contribution in [0.3, 0.4) is 0 Å². The highest BCUT2D eigenvalue weighted by atomic mass is 16.5. The first-order valence-corrected chi connectivity index (χ1v) is 11.6. The minimum Gasteiger partial charge on any atom is -0.461 e. The summed E-state index contributed by atoms with van der Waals surface area (Å²) >= 11 is 0. The zero-order chi connectivity index (χ0) is 20.5. The second kappa shape index (κ2) is 6.44. The molecule has 0 aromatic heterocycles. The standard InChI is InChI=1S/C24H40O4/c1-21(2,3)20(26)28-19-14-18(25)24(27)17-10-9-15-8-6-7-12-22(15,4)16(17)11-13-23(19,24)5/h15-19,25,27H,6-14H2,1-5H3/t15-,16+,17-,18?,19+,22+,23-,24?/m1/s1. The van der Waals surface area contributed by atoms with Crippen LogP contribution in [0.1, 0.15) is 92.4 Å². The first kappa shape index (κ1) is 20.7. The Balaban J connectivity index is 1.65. The highest BCUT2D eigenvalue weighted by Crippen LogP contribution is 2.68. The number of aliphatic hydroxyl groups is 2. The lowest BCUT2D eigenvalue weighted by molar-refractivity contribution is -0.241. The summed E-state index contributed by atoms with van der Waals surface area (Å²) in [5.74, 6) is 1.11. The lowest BCUT2D eigenvalue weighted by atomic mass is 9.43. The summed E-state index contributed by atoms with van der Waals surface area (Å²) in [6.07, 6.45) is 8.41. The van der Waals surface area contributed by atoms with E-state index in [1.165, 1.54) is 25.7 Å². The number of fused-ring (bicyclic) bond motifs is 5. The molecule has 0 bridgehead atoms. The molecule has 8 atom stereocenters. The van der Waals surface area contributed by atoms with Crippen molar-refractivity contribution in [3.63, 3.8) is 0 Å². The Labute approximate surface area is 170 Å². The van der Waals surface area contributed by atoms with Gasteiger partial charge in [0.25, 0.3) is 0 Å². The maximum absolute atomic E-state index is 12.6. The van der Waals surface area contributed by atoms with Gasteiger partial charge in [0.15, 0.2) is 0 Å². The quantitative estimate of drug-likeness (QED) is 0.647. The van der Waals surface area contributed by atoms with E-state index < -0.39 is 28.6 Å². The van der Waals surface area contributed by atoms with E-state index in [0.29, 0.717) is 12.3 Å². The van der Waals surface area contributed by atoms with Crippen molar-refractivity contribution < 1.29 is 19.7 Å². The first-order chi connectivity index (χ1) is 12.9. The van der Waals surface area contributed by atoms with Crippen molar-refractivity contribution in [2.45, 2.75) is 110 Å². The molecule has 4 aliphatic carbocycles. The molecule has 0 saturated heterocycles. The normalized spacial score (nSPS) is 51.0. The second-order valence-electron chi connectivity index (χ2n) is 11.9. The van der Waals surface area contributed by atoms with Gasteiger partial charge in [-0.15, -0.1) is 0 Å². The lowest BCUT2D eigenvalue weighted by Crippen LogP contribution is -2.65. The molecule has 4 aliphatic rings. The molecule has 0 aliphatic heterocycles. The zero-order valence-electron chi connectivity index (χ0n) is 18.5. The highest BCUT2D eigenvalue weighted by Gasteiger charge is 2.71. The summed E-state index contributed by atoms with van der Waals surface area (Å²) in [4.78, 5) is 12.6. The van der Waals surface area contributed by atoms with Crippen LogP contribution < -0.4 is 0 Å². The van der Waals surface area contributed by atoms with Crippen LogP contribution in [0.25, 0.3) is 0 Å². The summed E-state index contributed by atoms with van der Waals surface area (Å²) in [6.45, 7) is 10.1. The van der Waals surface area contributed by atoms with E-state index >= 15 is 0 Å². The molecule has 0 radical (unpaired) electrons. The summed E-state index contributed by atoms with van der Waals surface area (Å²) in [7, 11) is 0. The maximum Gasteiger partial charge on any atom is 0.311 e. The smallest absolute Gasteiger partial charge is 0.311 e. The van der Waals surface area contributed by atoms with E-state index in [9.17, 15) is 15.0 Å². The number of carbonyl (C=O) groups excluding carboxylic acids is 1. The molecule has 0 amide bonds.